The number of amides is 4. The molecule has 0 spiro atoms. The number of nitrogens with zero attached hydrogens (tertiary/aromatic N) is 6. The maximum Gasteiger partial charge on any atom is 0.253 e. The van der Waals surface area contributed by atoms with Crippen molar-refractivity contribution in [2.24, 2.45) is 16.2 Å². The number of anilines is 1. The van der Waals surface area contributed by atoms with Crippen LogP contribution in [-0.2, 0) is 19.1 Å². The second kappa shape index (κ2) is 21.8. The van der Waals surface area contributed by atoms with E-state index in [1.54, 1.807) is 41.8 Å². The summed E-state index contributed by atoms with van der Waals surface area (Å²) >= 11 is 7.84. The fourth-order valence-corrected chi connectivity index (χ4v) is 12.1. The monoisotopic (exact) mass is 1020 g/mol. The average molecular weight is 1020 g/mol. The van der Waals surface area contributed by atoms with Gasteiger partial charge in [0.25, 0.3) is 5.91 Å². The van der Waals surface area contributed by atoms with Crippen molar-refractivity contribution in [3.8, 4) is 22.3 Å². The van der Waals surface area contributed by atoms with Gasteiger partial charge in [-0.15, -0.1) is 11.3 Å². The Kier molecular flexibility index (Phi) is 16.4. The Morgan fingerprint density at radius 1 is 0.972 bits per heavy atom. The maximum atomic E-state index is 14.2. The lowest BCUT2D eigenvalue weighted by Crippen LogP contribution is -2.74. The van der Waals surface area contributed by atoms with E-state index in [1.165, 1.54) is 4.90 Å². The largest absolute Gasteiger partial charge is 0.489 e. The van der Waals surface area contributed by atoms with Gasteiger partial charge in [-0.25, -0.2) is 9.97 Å². The van der Waals surface area contributed by atoms with Gasteiger partial charge in [0.2, 0.25) is 17.7 Å². The molecule has 0 radical (unpaired) electrons. The number of piperazine rings is 1. The Bertz CT molecular complexity index is 2620. The summed E-state index contributed by atoms with van der Waals surface area (Å²) in [6.45, 7) is 23.9. The molecule has 3 fully saturated rings. The van der Waals surface area contributed by atoms with Gasteiger partial charge in [0.1, 0.15) is 42.4 Å². The van der Waals surface area contributed by atoms with Crippen molar-refractivity contribution in [1.29, 1.82) is 5.26 Å². The second-order valence-electron chi connectivity index (χ2n) is 22.0. The van der Waals surface area contributed by atoms with Crippen LogP contribution in [0.3, 0.4) is 0 Å². The number of carbonyl (C=O) groups excluding carboxylic acids is 4. The quantitative estimate of drug-likeness (QED) is 0.0845. The molecule has 6 atom stereocenters. The number of carbonyl (C=O) groups is 4. The topological polar surface area (TPSA) is 202 Å². The number of benzene rings is 2. The lowest BCUT2D eigenvalue weighted by Gasteiger charge is -2.63. The molecule has 4 heterocycles. The van der Waals surface area contributed by atoms with Gasteiger partial charge in [-0.05, 0) is 68.5 Å². The molecule has 1 unspecified atom stereocenters. The van der Waals surface area contributed by atoms with Crippen molar-refractivity contribution in [2.75, 3.05) is 44.3 Å². The Labute approximate surface area is 432 Å². The van der Waals surface area contributed by atoms with Crippen molar-refractivity contribution in [2.45, 2.75) is 131 Å². The molecule has 72 heavy (non-hydrogen) atoms. The summed E-state index contributed by atoms with van der Waals surface area (Å²) in [5, 5.41) is 29.5. The van der Waals surface area contributed by atoms with E-state index in [2.05, 4.69) is 78.3 Å². The van der Waals surface area contributed by atoms with Crippen molar-refractivity contribution in [1.82, 2.24) is 35.7 Å². The number of β-amino-alcohol motifs (C(OH)–C–C–N with tert-alkyl or cyclic N) is 1. The van der Waals surface area contributed by atoms with Crippen LogP contribution in [0.5, 0.6) is 5.75 Å². The van der Waals surface area contributed by atoms with E-state index in [9.17, 15) is 29.5 Å². The molecule has 7 rings (SSSR count). The Morgan fingerprint density at radius 3 is 2.24 bits per heavy atom. The number of halogens is 1. The number of rotatable bonds is 16. The van der Waals surface area contributed by atoms with E-state index in [1.807, 2.05) is 70.5 Å². The van der Waals surface area contributed by atoms with Gasteiger partial charge in [0, 0.05) is 73.8 Å². The Balaban J connectivity index is 0.861. The molecule has 2 aromatic heterocycles. The van der Waals surface area contributed by atoms with Crippen LogP contribution < -0.4 is 25.6 Å². The highest BCUT2D eigenvalue weighted by molar-refractivity contribution is 7.13. The van der Waals surface area contributed by atoms with Gasteiger partial charge in [0.15, 0.2) is 0 Å². The number of aliphatic hydroxyl groups is 1. The standard InChI is InChI=1S/C54H70ClN9O7S/c1-31-26-62(43-19-17-38(25-57-43)47(67)61-50-53(8,9)51(54(50,10)11)71-40-18-16-37(24-56)41(55)23-40)27-32(2)63(31)20-21-70-29-44(66)60-46(52(5,6)7)49(69)64-28-39(65)22-42(64)48(68)59-33(3)35-12-14-36(15-13-35)45-34(4)58-30-72-45/h12-19,23,25,30-33,39,42,46,50-51,65H,20-22,26-29H2,1-11H3,(H,59,68)(H,60,66)(H,61,67)/t31-,32+,33-,39+,42?,46+,50?,51?/m0/s1. The Morgan fingerprint density at radius 2 is 1.65 bits per heavy atom. The first kappa shape index (κ1) is 54.1. The first-order chi connectivity index (χ1) is 33.9. The number of aromatic nitrogens is 2. The molecular formula is C54H70ClN9O7S. The number of aryl methyl sites for hydroxylation is 1. The van der Waals surface area contributed by atoms with Crippen molar-refractivity contribution in [3.05, 3.63) is 93.7 Å². The van der Waals surface area contributed by atoms with Crippen molar-refractivity contribution in [3.63, 3.8) is 0 Å². The minimum atomic E-state index is -0.975. The number of ether oxygens (including phenoxy) is 2. The number of aliphatic hydroxyl groups excluding tert-OH is 1. The molecule has 386 valence electrons. The van der Waals surface area contributed by atoms with Crippen LogP contribution in [0.4, 0.5) is 5.82 Å². The van der Waals surface area contributed by atoms with E-state index in [4.69, 9.17) is 26.1 Å². The molecule has 16 nitrogen and oxygen atoms in total. The van der Waals surface area contributed by atoms with E-state index in [0.717, 1.165) is 27.5 Å². The highest BCUT2D eigenvalue weighted by atomic mass is 35.5. The summed E-state index contributed by atoms with van der Waals surface area (Å²) in [4.78, 5) is 71.0. The zero-order valence-electron chi connectivity index (χ0n) is 43.3. The smallest absolute Gasteiger partial charge is 0.253 e. The summed E-state index contributed by atoms with van der Waals surface area (Å²) in [5.74, 6) is -0.133. The molecule has 4 amide bonds. The number of nitriles is 1. The van der Waals surface area contributed by atoms with Gasteiger partial charge in [0.05, 0.1) is 51.0 Å². The van der Waals surface area contributed by atoms with Gasteiger partial charge >= 0.3 is 0 Å². The van der Waals surface area contributed by atoms with Gasteiger partial charge in [-0.3, -0.25) is 24.1 Å². The van der Waals surface area contributed by atoms with Crippen LogP contribution in [0.15, 0.2) is 66.3 Å². The third-order valence-electron chi connectivity index (χ3n) is 14.7. The lowest BCUT2D eigenvalue weighted by molar-refractivity contribution is -0.164. The molecule has 3 aliphatic rings. The van der Waals surface area contributed by atoms with Crippen LogP contribution >= 0.6 is 22.9 Å². The summed E-state index contributed by atoms with van der Waals surface area (Å²) in [6, 6.07) is 16.6. The van der Waals surface area contributed by atoms with Crippen LogP contribution in [0.2, 0.25) is 5.02 Å². The number of hydrogen-bond acceptors (Lipinski definition) is 13. The van der Waals surface area contributed by atoms with E-state index in [0.29, 0.717) is 41.5 Å². The minimum Gasteiger partial charge on any atom is -0.489 e. The first-order valence-electron chi connectivity index (χ1n) is 24.7. The molecule has 4 aromatic rings. The van der Waals surface area contributed by atoms with Gasteiger partial charge < -0.3 is 40.3 Å². The molecular weight excluding hydrogens is 954 g/mol. The SMILES string of the molecule is Cc1ncsc1-c1ccc([C@H](C)NC(=O)C2C[C@@H](O)CN2C(=O)[C@@H](NC(=O)COCCN2[C@H](C)CN(c3ccc(C(=O)NC4C(C)(C)C(Oc5ccc(C#N)c(Cl)c5)C4(C)C)cn3)C[C@@H]2C)C(C)(C)C)cc1. The number of likely N-dealkylation sites (tertiary alicyclic amines) is 1. The zero-order chi connectivity index (χ0) is 52.4. The zero-order valence-corrected chi connectivity index (χ0v) is 44.9. The molecule has 2 saturated heterocycles. The summed E-state index contributed by atoms with van der Waals surface area (Å²) < 4.78 is 12.3. The first-order valence-corrected chi connectivity index (χ1v) is 26.0. The van der Waals surface area contributed by atoms with Crippen LogP contribution in [0.25, 0.3) is 10.4 Å². The molecule has 0 bridgehead atoms. The fraction of sp³-hybridized carbons (Fsp3) is 0.537. The minimum absolute atomic E-state index is 0.0226. The molecule has 1 saturated carbocycles. The molecule has 1 aliphatic carbocycles. The van der Waals surface area contributed by atoms with E-state index >= 15 is 0 Å². The molecule has 18 heteroatoms. The van der Waals surface area contributed by atoms with Gasteiger partial charge in [-0.1, -0.05) is 84.3 Å². The molecule has 2 aromatic carbocycles. The third kappa shape index (κ3) is 11.7. The average Bonchev–Trinajstić information content (AvgIpc) is 3.95. The van der Waals surface area contributed by atoms with Gasteiger partial charge in [-0.2, -0.15) is 5.26 Å². The van der Waals surface area contributed by atoms with Crippen molar-refractivity contribution < 1.29 is 33.8 Å². The highest BCUT2D eigenvalue weighted by Crippen LogP contribution is 2.55. The number of nitrogens with one attached hydrogen (secondary N) is 3. The summed E-state index contributed by atoms with van der Waals surface area (Å²) in [5.41, 5.74) is 4.03. The Hall–Kier alpha value is -5.64. The van der Waals surface area contributed by atoms with Crippen LogP contribution in [0.1, 0.15) is 109 Å². The third-order valence-corrected chi connectivity index (χ3v) is 15.9. The second-order valence-corrected chi connectivity index (χ2v) is 23.2. The number of hydrogen-bond donors (Lipinski definition) is 4. The summed E-state index contributed by atoms with van der Waals surface area (Å²) in [6.07, 6.45) is 0.594. The maximum absolute atomic E-state index is 14.2. The van der Waals surface area contributed by atoms with E-state index in [-0.39, 0.29) is 68.3 Å². The number of thiazole rings is 1. The van der Waals surface area contributed by atoms with Crippen LogP contribution in [-0.4, -0.2) is 130 Å². The van der Waals surface area contributed by atoms with Crippen molar-refractivity contribution >= 4 is 52.4 Å². The van der Waals surface area contributed by atoms with E-state index < -0.39 is 46.2 Å². The fourth-order valence-electron chi connectivity index (χ4n) is 11.1. The predicted molar refractivity (Wildman–Crippen MR) is 279 cm³/mol. The number of pyridine rings is 1. The normalized spacial score (nSPS) is 23.6. The molecule has 4 N–H and O–H groups in total. The van der Waals surface area contributed by atoms with Crippen LogP contribution in [0, 0.1) is 34.5 Å². The summed E-state index contributed by atoms with van der Waals surface area (Å²) in [7, 11) is 0. The predicted octanol–water partition coefficient (Wildman–Crippen LogP) is 6.94. The highest BCUT2D eigenvalue weighted by Gasteiger charge is 2.64. The molecule has 2 aliphatic heterocycles. The lowest BCUT2D eigenvalue weighted by atomic mass is 9.49.